The molecular weight excluding hydrogens is 268 g/mol. The van der Waals surface area contributed by atoms with Gasteiger partial charge in [0, 0.05) is 22.7 Å². The van der Waals surface area contributed by atoms with Gasteiger partial charge in [-0.25, -0.2) is 0 Å². The van der Waals surface area contributed by atoms with Crippen LogP contribution < -0.4 is 4.74 Å². The molecule has 1 aliphatic heterocycles. The van der Waals surface area contributed by atoms with E-state index in [2.05, 4.69) is 0 Å². The maximum atomic E-state index is 10.2. The number of ether oxygens (including phenoxy) is 1. The summed E-state index contributed by atoms with van der Waals surface area (Å²) in [5.41, 5.74) is 2.15. The molecule has 2 heterocycles. The molecule has 1 unspecified atom stereocenters. The number of rotatable bonds is 3. The summed E-state index contributed by atoms with van der Waals surface area (Å²) in [6, 6.07) is 7.73. The molecule has 2 aromatic rings. The van der Waals surface area contributed by atoms with Gasteiger partial charge in [-0.1, -0.05) is 17.7 Å². The van der Waals surface area contributed by atoms with E-state index in [1.807, 2.05) is 29.6 Å². The van der Waals surface area contributed by atoms with Crippen LogP contribution in [0.4, 0.5) is 0 Å². The van der Waals surface area contributed by atoms with Crippen LogP contribution in [0, 0.1) is 0 Å². The second-order valence-electron chi connectivity index (χ2n) is 4.39. The standard InChI is InChI=1S/C14H13ClO2S/c15-11-6-9-3-4-17-14(9)10(7-11)8-12(16)13-2-1-5-18-13/h1-2,5-7,12,16H,3-4,8H2. The van der Waals surface area contributed by atoms with Crippen LogP contribution in [0.3, 0.4) is 0 Å². The van der Waals surface area contributed by atoms with Crippen molar-refractivity contribution in [3.8, 4) is 5.75 Å². The van der Waals surface area contributed by atoms with E-state index in [0.717, 1.165) is 28.2 Å². The lowest BCUT2D eigenvalue weighted by atomic mass is 10.0. The molecule has 0 fully saturated rings. The van der Waals surface area contributed by atoms with E-state index in [0.29, 0.717) is 18.1 Å². The van der Waals surface area contributed by atoms with Crippen molar-refractivity contribution in [3.63, 3.8) is 0 Å². The fraction of sp³-hybridized carbons (Fsp3) is 0.286. The second kappa shape index (κ2) is 4.92. The maximum Gasteiger partial charge on any atom is 0.126 e. The molecule has 2 nitrogen and oxygen atoms in total. The van der Waals surface area contributed by atoms with E-state index in [9.17, 15) is 5.11 Å². The van der Waals surface area contributed by atoms with Gasteiger partial charge in [0.2, 0.25) is 0 Å². The molecule has 0 amide bonds. The summed E-state index contributed by atoms with van der Waals surface area (Å²) >= 11 is 7.67. The zero-order chi connectivity index (χ0) is 12.5. The third kappa shape index (κ3) is 2.26. The van der Waals surface area contributed by atoms with Gasteiger partial charge in [0.25, 0.3) is 0 Å². The SMILES string of the molecule is OC(Cc1cc(Cl)cc2c1OCC2)c1cccs1. The van der Waals surface area contributed by atoms with Crippen LogP contribution in [0.2, 0.25) is 5.02 Å². The van der Waals surface area contributed by atoms with E-state index >= 15 is 0 Å². The number of hydrogen-bond acceptors (Lipinski definition) is 3. The van der Waals surface area contributed by atoms with Crippen molar-refractivity contribution >= 4 is 22.9 Å². The Morgan fingerprint density at radius 2 is 2.33 bits per heavy atom. The van der Waals surface area contributed by atoms with Gasteiger partial charge in [0.05, 0.1) is 12.7 Å². The lowest BCUT2D eigenvalue weighted by Crippen LogP contribution is -2.01. The van der Waals surface area contributed by atoms with Crippen molar-refractivity contribution in [2.75, 3.05) is 6.61 Å². The Hall–Kier alpha value is -1.03. The lowest BCUT2D eigenvalue weighted by Gasteiger charge is -2.12. The smallest absolute Gasteiger partial charge is 0.126 e. The monoisotopic (exact) mass is 280 g/mol. The van der Waals surface area contributed by atoms with Crippen LogP contribution in [0.5, 0.6) is 5.75 Å². The average Bonchev–Trinajstić information content (AvgIpc) is 2.98. The molecule has 1 atom stereocenters. The number of halogens is 1. The highest BCUT2D eigenvalue weighted by atomic mass is 35.5. The summed E-state index contributed by atoms with van der Waals surface area (Å²) in [7, 11) is 0. The largest absolute Gasteiger partial charge is 0.493 e. The summed E-state index contributed by atoms with van der Waals surface area (Å²) in [4.78, 5) is 0.974. The van der Waals surface area contributed by atoms with Gasteiger partial charge < -0.3 is 9.84 Å². The molecule has 0 spiro atoms. The first-order chi connectivity index (χ1) is 8.74. The van der Waals surface area contributed by atoms with Crippen LogP contribution >= 0.6 is 22.9 Å². The Morgan fingerprint density at radius 3 is 3.11 bits per heavy atom. The first-order valence-corrected chi connectivity index (χ1v) is 7.15. The van der Waals surface area contributed by atoms with Gasteiger partial charge in [0.15, 0.2) is 0 Å². The fourth-order valence-electron chi connectivity index (χ4n) is 2.29. The zero-order valence-electron chi connectivity index (χ0n) is 9.73. The topological polar surface area (TPSA) is 29.5 Å². The molecule has 1 N–H and O–H groups in total. The Kier molecular flexibility index (Phi) is 3.29. The Balaban J connectivity index is 1.89. The van der Waals surface area contributed by atoms with Gasteiger partial charge in [-0.15, -0.1) is 11.3 Å². The minimum absolute atomic E-state index is 0.489. The predicted molar refractivity (Wildman–Crippen MR) is 73.6 cm³/mol. The maximum absolute atomic E-state index is 10.2. The van der Waals surface area contributed by atoms with Crippen molar-refractivity contribution in [1.82, 2.24) is 0 Å². The van der Waals surface area contributed by atoms with Gasteiger partial charge in [-0.2, -0.15) is 0 Å². The van der Waals surface area contributed by atoms with Crippen molar-refractivity contribution in [1.29, 1.82) is 0 Å². The fourth-order valence-corrected chi connectivity index (χ4v) is 3.26. The van der Waals surface area contributed by atoms with Gasteiger partial charge >= 0.3 is 0 Å². The molecular formula is C14H13ClO2S. The first kappa shape index (κ1) is 12.0. The van der Waals surface area contributed by atoms with E-state index in [-0.39, 0.29) is 0 Å². The van der Waals surface area contributed by atoms with Crippen molar-refractivity contribution in [2.45, 2.75) is 18.9 Å². The summed E-state index contributed by atoms with van der Waals surface area (Å²) < 4.78 is 5.64. The minimum Gasteiger partial charge on any atom is -0.493 e. The molecule has 0 bridgehead atoms. The van der Waals surface area contributed by atoms with Crippen LogP contribution in [-0.4, -0.2) is 11.7 Å². The summed E-state index contributed by atoms with van der Waals surface area (Å²) in [5, 5.41) is 12.9. The number of fused-ring (bicyclic) bond motifs is 1. The molecule has 0 aliphatic carbocycles. The van der Waals surface area contributed by atoms with Gasteiger partial charge in [0.1, 0.15) is 5.75 Å². The molecule has 0 saturated carbocycles. The molecule has 4 heteroatoms. The quantitative estimate of drug-likeness (QED) is 0.931. The molecule has 94 valence electrons. The Morgan fingerprint density at radius 1 is 1.44 bits per heavy atom. The van der Waals surface area contributed by atoms with Crippen LogP contribution in [0.1, 0.15) is 22.1 Å². The highest BCUT2D eigenvalue weighted by molar-refractivity contribution is 7.10. The first-order valence-electron chi connectivity index (χ1n) is 5.89. The summed E-state index contributed by atoms with van der Waals surface area (Å²) in [5.74, 6) is 0.912. The van der Waals surface area contributed by atoms with Crippen molar-refractivity contribution < 1.29 is 9.84 Å². The van der Waals surface area contributed by atoms with Crippen LogP contribution in [-0.2, 0) is 12.8 Å². The highest BCUT2D eigenvalue weighted by Gasteiger charge is 2.20. The number of benzene rings is 1. The summed E-state index contributed by atoms with van der Waals surface area (Å²) in [6.07, 6.45) is 0.957. The number of aliphatic hydroxyl groups excluding tert-OH is 1. The molecule has 0 radical (unpaired) electrons. The Bertz CT molecular complexity index is 551. The molecule has 18 heavy (non-hydrogen) atoms. The number of hydrogen-bond donors (Lipinski definition) is 1. The molecule has 3 rings (SSSR count). The number of aliphatic hydroxyl groups is 1. The molecule has 1 aromatic heterocycles. The predicted octanol–water partition coefficient (Wildman–Crippen LogP) is 3.61. The zero-order valence-corrected chi connectivity index (χ0v) is 11.3. The normalized spacial score (nSPS) is 15.2. The van der Waals surface area contributed by atoms with Crippen molar-refractivity contribution in [3.05, 3.63) is 50.7 Å². The second-order valence-corrected chi connectivity index (χ2v) is 5.80. The third-order valence-electron chi connectivity index (χ3n) is 3.11. The lowest BCUT2D eigenvalue weighted by molar-refractivity contribution is 0.181. The Labute approximate surface area is 115 Å². The third-order valence-corrected chi connectivity index (χ3v) is 4.30. The van der Waals surface area contributed by atoms with E-state index in [1.165, 1.54) is 0 Å². The van der Waals surface area contributed by atoms with Gasteiger partial charge in [-0.05, 0) is 34.7 Å². The average molecular weight is 281 g/mol. The van der Waals surface area contributed by atoms with E-state index < -0.39 is 6.10 Å². The molecule has 1 aromatic carbocycles. The van der Waals surface area contributed by atoms with Crippen LogP contribution in [0.15, 0.2) is 29.6 Å². The summed E-state index contributed by atoms with van der Waals surface area (Å²) in [6.45, 7) is 0.706. The molecule has 1 aliphatic rings. The van der Waals surface area contributed by atoms with E-state index in [4.69, 9.17) is 16.3 Å². The highest BCUT2D eigenvalue weighted by Crippen LogP contribution is 2.35. The minimum atomic E-state index is -0.489. The van der Waals surface area contributed by atoms with Crippen molar-refractivity contribution in [2.24, 2.45) is 0 Å². The van der Waals surface area contributed by atoms with Crippen LogP contribution in [0.25, 0.3) is 0 Å². The number of thiophene rings is 1. The van der Waals surface area contributed by atoms with E-state index in [1.54, 1.807) is 11.3 Å². The molecule has 0 saturated heterocycles. The van der Waals surface area contributed by atoms with Gasteiger partial charge in [-0.3, -0.25) is 0 Å².